The van der Waals surface area contributed by atoms with Gasteiger partial charge in [-0.2, -0.15) is 13.2 Å². The highest BCUT2D eigenvalue weighted by atomic mass is 35.5. The molecule has 0 aliphatic heterocycles. The zero-order chi connectivity index (χ0) is 19.3. The quantitative estimate of drug-likeness (QED) is 0.555. The molecule has 0 radical (unpaired) electrons. The van der Waals surface area contributed by atoms with E-state index >= 15 is 0 Å². The third-order valence-corrected chi connectivity index (χ3v) is 4.18. The van der Waals surface area contributed by atoms with E-state index in [9.17, 15) is 22.8 Å². The SMILES string of the molecule is CC(OC(=O)c1ccc(SC(F)(F)F)cc1)C(=O)Nc1ccccc1Cl. The first-order chi connectivity index (χ1) is 12.2. The number of nitrogens with one attached hydrogen (secondary N) is 1. The van der Waals surface area contributed by atoms with Crippen LogP contribution >= 0.6 is 23.4 Å². The van der Waals surface area contributed by atoms with Gasteiger partial charge in [-0.1, -0.05) is 23.7 Å². The number of esters is 1. The predicted molar refractivity (Wildman–Crippen MR) is 93.3 cm³/mol. The van der Waals surface area contributed by atoms with Crippen LogP contribution in [0.1, 0.15) is 17.3 Å². The number of amides is 1. The van der Waals surface area contributed by atoms with Gasteiger partial charge < -0.3 is 10.1 Å². The highest BCUT2D eigenvalue weighted by molar-refractivity contribution is 8.00. The van der Waals surface area contributed by atoms with Crippen LogP contribution in [0.15, 0.2) is 53.4 Å². The summed E-state index contributed by atoms with van der Waals surface area (Å²) in [6.45, 7) is 1.37. The zero-order valence-electron chi connectivity index (χ0n) is 13.3. The van der Waals surface area contributed by atoms with Gasteiger partial charge in [0.1, 0.15) is 0 Å². The van der Waals surface area contributed by atoms with E-state index in [4.69, 9.17) is 16.3 Å². The molecule has 0 saturated carbocycles. The normalized spacial score (nSPS) is 12.3. The van der Waals surface area contributed by atoms with Gasteiger partial charge in [0.05, 0.1) is 16.3 Å². The van der Waals surface area contributed by atoms with Crippen LogP contribution < -0.4 is 5.32 Å². The van der Waals surface area contributed by atoms with Crippen molar-refractivity contribution < 1.29 is 27.5 Å². The lowest BCUT2D eigenvalue weighted by Gasteiger charge is -2.14. The molecular formula is C17H13ClF3NO3S. The Balaban J connectivity index is 1.96. The van der Waals surface area contributed by atoms with Crippen LogP contribution in [0.5, 0.6) is 0 Å². The molecule has 2 rings (SSSR count). The molecule has 4 nitrogen and oxygen atoms in total. The first-order valence-electron chi connectivity index (χ1n) is 7.28. The van der Waals surface area contributed by atoms with Gasteiger partial charge >= 0.3 is 11.5 Å². The highest BCUT2D eigenvalue weighted by Gasteiger charge is 2.29. The van der Waals surface area contributed by atoms with Gasteiger partial charge in [0.25, 0.3) is 5.91 Å². The number of benzene rings is 2. The lowest BCUT2D eigenvalue weighted by molar-refractivity contribution is -0.123. The van der Waals surface area contributed by atoms with E-state index in [1.165, 1.54) is 19.1 Å². The highest BCUT2D eigenvalue weighted by Crippen LogP contribution is 2.36. The first kappa shape index (κ1) is 20.1. The van der Waals surface area contributed by atoms with Crippen molar-refractivity contribution in [3.63, 3.8) is 0 Å². The number of anilines is 1. The summed E-state index contributed by atoms with van der Waals surface area (Å²) in [5, 5.41) is 2.86. The summed E-state index contributed by atoms with van der Waals surface area (Å²) < 4.78 is 41.9. The third kappa shape index (κ3) is 5.96. The smallest absolute Gasteiger partial charge is 0.446 e. The maximum atomic E-state index is 12.3. The van der Waals surface area contributed by atoms with Gasteiger partial charge in [0.2, 0.25) is 0 Å². The number of para-hydroxylation sites is 1. The summed E-state index contributed by atoms with van der Waals surface area (Å²) in [7, 11) is 0. The van der Waals surface area contributed by atoms with Gasteiger partial charge in [0.15, 0.2) is 6.10 Å². The Hall–Kier alpha value is -2.19. The van der Waals surface area contributed by atoms with Gasteiger partial charge in [0, 0.05) is 4.90 Å². The summed E-state index contributed by atoms with van der Waals surface area (Å²) in [5.41, 5.74) is -4.00. The number of halogens is 4. The van der Waals surface area contributed by atoms with Crippen molar-refractivity contribution in [2.24, 2.45) is 0 Å². The van der Waals surface area contributed by atoms with Crippen LogP contribution in [0.2, 0.25) is 5.02 Å². The summed E-state index contributed by atoms with van der Waals surface area (Å²) in [6, 6.07) is 11.3. The molecule has 0 fully saturated rings. The Bertz CT molecular complexity index is 797. The first-order valence-corrected chi connectivity index (χ1v) is 8.47. The van der Waals surface area contributed by atoms with E-state index in [0.29, 0.717) is 10.7 Å². The van der Waals surface area contributed by atoms with E-state index < -0.39 is 23.5 Å². The molecule has 0 aliphatic carbocycles. The fourth-order valence-corrected chi connectivity index (χ4v) is 2.59. The minimum absolute atomic E-state index is 0.0360. The minimum Gasteiger partial charge on any atom is -0.449 e. The molecule has 0 aliphatic rings. The van der Waals surface area contributed by atoms with E-state index in [-0.39, 0.29) is 22.2 Å². The van der Waals surface area contributed by atoms with Crippen LogP contribution in [-0.2, 0) is 9.53 Å². The second-order valence-electron chi connectivity index (χ2n) is 5.09. The summed E-state index contributed by atoms with van der Waals surface area (Å²) in [6.07, 6.45) is -1.12. The Morgan fingerprint density at radius 2 is 1.73 bits per heavy atom. The van der Waals surface area contributed by atoms with Gasteiger partial charge in [-0.15, -0.1) is 0 Å². The molecular weight excluding hydrogens is 391 g/mol. The monoisotopic (exact) mass is 403 g/mol. The van der Waals surface area contributed by atoms with E-state index in [1.54, 1.807) is 24.3 Å². The maximum Gasteiger partial charge on any atom is 0.446 e. The number of thioether (sulfide) groups is 1. The van der Waals surface area contributed by atoms with Crippen LogP contribution in [-0.4, -0.2) is 23.5 Å². The molecule has 2 aromatic carbocycles. The van der Waals surface area contributed by atoms with Gasteiger partial charge in [-0.25, -0.2) is 4.79 Å². The number of carbonyl (C=O) groups is 2. The molecule has 1 N–H and O–H groups in total. The molecule has 0 aromatic heterocycles. The van der Waals surface area contributed by atoms with Crippen molar-refractivity contribution in [3.05, 3.63) is 59.1 Å². The number of carbonyl (C=O) groups excluding carboxylic acids is 2. The molecule has 0 spiro atoms. The van der Waals surface area contributed by atoms with Crippen molar-refractivity contribution in [2.45, 2.75) is 23.4 Å². The lowest BCUT2D eigenvalue weighted by Crippen LogP contribution is -2.30. The van der Waals surface area contributed by atoms with Crippen LogP contribution in [0.3, 0.4) is 0 Å². The van der Waals surface area contributed by atoms with Gasteiger partial charge in [-0.05, 0) is 55.1 Å². The predicted octanol–water partition coefficient (Wildman–Crippen LogP) is 5.14. The van der Waals surface area contributed by atoms with E-state index in [2.05, 4.69) is 5.32 Å². The molecule has 0 bridgehead atoms. The summed E-state index contributed by atoms with van der Waals surface area (Å²) in [4.78, 5) is 24.0. The largest absolute Gasteiger partial charge is 0.449 e. The van der Waals surface area contributed by atoms with Crippen LogP contribution in [0.25, 0.3) is 0 Å². The Labute approximate surface area is 156 Å². The lowest BCUT2D eigenvalue weighted by atomic mass is 10.2. The Morgan fingerprint density at radius 3 is 2.31 bits per heavy atom. The molecule has 26 heavy (non-hydrogen) atoms. The fourth-order valence-electron chi connectivity index (χ4n) is 1.87. The molecule has 1 atom stereocenters. The maximum absolute atomic E-state index is 12.3. The molecule has 138 valence electrons. The molecule has 1 amide bonds. The second-order valence-corrected chi connectivity index (χ2v) is 6.63. The molecule has 2 aromatic rings. The Kier molecular flexibility index (Phi) is 6.55. The zero-order valence-corrected chi connectivity index (χ0v) is 14.9. The average molecular weight is 404 g/mol. The molecule has 0 saturated heterocycles. The van der Waals surface area contributed by atoms with Crippen molar-refractivity contribution >= 4 is 40.9 Å². The standard InChI is InChI=1S/C17H13ClF3NO3S/c1-10(15(23)22-14-5-3-2-4-13(14)18)25-16(24)11-6-8-12(9-7-11)26-17(19,20)21/h2-10H,1H3,(H,22,23). The molecule has 9 heteroatoms. The minimum atomic E-state index is -4.41. The van der Waals surface area contributed by atoms with Crippen LogP contribution in [0, 0.1) is 0 Å². The van der Waals surface area contributed by atoms with E-state index in [0.717, 1.165) is 12.1 Å². The van der Waals surface area contributed by atoms with Crippen molar-refractivity contribution in [3.8, 4) is 0 Å². The Morgan fingerprint density at radius 1 is 1.12 bits per heavy atom. The number of ether oxygens (including phenoxy) is 1. The van der Waals surface area contributed by atoms with Crippen LogP contribution in [0.4, 0.5) is 18.9 Å². The van der Waals surface area contributed by atoms with Crippen molar-refractivity contribution in [2.75, 3.05) is 5.32 Å². The molecule has 1 unspecified atom stereocenters. The van der Waals surface area contributed by atoms with Crippen molar-refractivity contribution in [1.82, 2.24) is 0 Å². The molecule has 0 heterocycles. The number of rotatable bonds is 5. The van der Waals surface area contributed by atoms with Gasteiger partial charge in [-0.3, -0.25) is 4.79 Å². The third-order valence-electron chi connectivity index (χ3n) is 3.11. The number of hydrogen-bond acceptors (Lipinski definition) is 4. The number of alkyl halides is 3. The summed E-state index contributed by atoms with van der Waals surface area (Å²) in [5.74, 6) is -1.41. The summed E-state index contributed by atoms with van der Waals surface area (Å²) >= 11 is 5.64. The topological polar surface area (TPSA) is 55.4 Å². The van der Waals surface area contributed by atoms with E-state index in [1.807, 2.05) is 0 Å². The average Bonchev–Trinajstić information content (AvgIpc) is 2.56. The van der Waals surface area contributed by atoms with Crippen molar-refractivity contribution in [1.29, 1.82) is 0 Å². The second kappa shape index (κ2) is 8.46. The fraction of sp³-hybridized carbons (Fsp3) is 0.176. The number of hydrogen-bond donors (Lipinski definition) is 1.